The number of hydrogen-bond donors (Lipinski definition) is 0. The van der Waals surface area contributed by atoms with Crippen molar-refractivity contribution in [3.8, 4) is 0 Å². The number of hydrogen-bond acceptors (Lipinski definition) is 5. The second-order valence-electron chi connectivity index (χ2n) is 6.50. The van der Waals surface area contributed by atoms with Crippen LogP contribution < -0.4 is 4.90 Å². The van der Waals surface area contributed by atoms with E-state index in [1.807, 2.05) is 4.90 Å². The Labute approximate surface area is 176 Å². The van der Waals surface area contributed by atoms with Crippen molar-refractivity contribution < 1.29 is 22.7 Å². The number of esters is 1. The molecule has 1 saturated heterocycles. The highest BCUT2D eigenvalue weighted by molar-refractivity contribution is 6.33. The SMILES string of the molecule is COC(=O)[C@@H](c1ccccc1Cl)N1CCN(c2ncc(C(F)(F)F)cc2Cl)CC1. The number of nitrogens with zero attached hydrogens (tertiary/aromatic N) is 3. The van der Waals surface area contributed by atoms with Gasteiger partial charge in [-0.05, 0) is 17.7 Å². The van der Waals surface area contributed by atoms with Crippen LogP contribution >= 0.6 is 23.2 Å². The maximum atomic E-state index is 12.8. The highest BCUT2D eigenvalue weighted by Crippen LogP contribution is 2.35. The summed E-state index contributed by atoms with van der Waals surface area (Å²) in [6.45, 7) is 1.75. The van der Waals surface area contributed by atoms with E-state index >= 15 is 0 Å². The Morgan fingerprint density at radius 2 is 1.79 bits per heavy atom. The smallest absolute Gasteiger partial charge is 0.417 e. The van der Waals surface area contributed by atoms with E-state index in [-0.39, 0.29) is 10.8 Å². The number of benzene rings is 1. The number of halogens is 5. The number of methoxy groups -OCH3 is 1. The third kappa shape index (κ3) is 4.76. The molecule has 1 fully saturated rings. The summed E-state index contributed by atoms with van der Waals surface area (Å²) in [4.78, 5) is 20.0. The van der Waals surface area contributed by atoms with E-state index in [1.54, 1.807) is 29.2 Å². The zero-order chi connectivity index (χ0) is 21.2. The predicted molar refractivity (Wildman–Crippen MR) is 104 cm³/mol. The Morgan fingerprint density at radius 3 is 2.34 bits per heavy atom. The first kappa shape index (κ1) is 21.7. The van der Waals surface area contributed by atoms with E-state index in [0.717, 1.165) is 12.3 Å². The van der Waals surface area contributed by atoms with Gasteiger partial charge in [-0.25, -0.2) is 9.78 Å². The van der Waals surface area contributed by atoms with Gasteiger partial charge in [0.2, 0.25) is 0 Å². The normalized spacial score (nSPS) is 16.6. The Bertz CT molecular complexity index is 887. The van der Waals surface area contributed by atoms with Gasteiger partial charge in [-0.1, -0.05) is 41.4 Å². The highest BCUT2D eigenvalue weighted by Gasteiger charge is 2.34. The van der Waals surface area contributed by atoms with Crippen LogP contribution in [0.1, 0.15) is 17.2 Å². The van der Waals surface area contributed by atoms with Gasteiger partial charge in [0.05, 0.1) is 17.7 Å². The topological polar surface area (TPSA) is 45.7 Å². The molecule has 0 spiro atoms. The first-order valence-corrected chi connectivity index (χ1v) is 9.52. The predicted octanol–water partition coefficient (Wildman–Crippen LogP) is 4.44. The molecule has 3 rings (SSSR count). The fraction of sp³-hybridized carbons (Fsp3) is 0.368. The molecule has 29 heavy (non-hydrogen) atoms. The van der Waals surface area contributed by atoms with Crippen LogP contribution in [0.15, 0.2) is 36.5 Å². The summed E-state index contributed by atoms with van der Waals surface area (Å²) < 4.78 is 43.4. The second kappa shape index (κ2) is 8.77. The van der Waals surface area contributed by atoms with Crippen molar-refractivity contribution in [3.05, 3.63) is 57.7 Å². The van der Waals surface area contributed by atoms with Gasteiger partial charge in [-0.2, -0.15) is 13.2 Å². The van der Waals surface area contributed by atoms with Gasteiger partial charge >= 0.3 is 12.1 Å². The Morgan fingerprint density at radius 1 is 1.14 bits per heavy atom. The minimum absolute atomic E-state index is 0.0658. The molecule has 0 radical (unpaired) electrons. The van der Waals surface area contributed by atoms with E-state index in [2.05, 4.69) is 4.98 Å². The molecule has 0 saturated carbocycles. The highest BCUT2D eigenvalue weighted by atomic mass is 35.5. The van der Waals surface area contributed by atoms with Crippen LogP contribution in [0, 0.1) is 0 Å². The quantitative estimate of drug-likeness (QED) is 0.648. The van der Waals surface area contributed by atoms with E-state index in [9.17, 15) is 18.0 Å². The van der Waals surface area contributed by atoms with Crippen LogP contribution in [0.3, 0.4) is 0 Å². The van der Waals surface area contributed by atoms with Crippen molar-refractivity contribution in [2.45, 2.75) is 12.2 Å². The summed E-state index contributed by atoms with van der Waals surface area (Å²) in [5, 5.41) is 0.390. The van der Waals surface area contributed by atoms with Crippen molar-refractivity contribution in [1.29, 1.82) is 0 Å². The van der Waals surface area contributed by atoms with Gasteiger partial charge in [0, 0.05) is 37.4 Å². The average molecular weight is 448 g/mol. The minimum atomic E-state index is -4.50. The van der Waals surface area contributed by atoms with Crippen LogP contribution in [-0.4, -0.2) is 49.1 Å². The van der Waals surface area contributed by atoms with Crippen molar-refractivity contribution in [1.82, 2.24) is 9.88 Å². The van der Waals surface area contributed by atoms with Gasteiger partial charge in [-0.15, -0.1) is 0 Å². The van der Waals surface area contributed by atoms with Crippen LogP contribution in [0.4, 0.5) is 19.0 Å². The van der Waals surface area contributed by atoms with Crippen molar-refractivity contribution in [2.24, 2.45) is 0 Å². The van der Waals surface area contributed by atoms with Gasteiger partial charge in [0.25, 0.3) is 0 Å². The molecular formula is C19H18Cl2F3N3O2. The lowest BCUT2D eigenvalue weighted by atomic mass is 10.0. The van der Waals surface area contributed by atoms with E-state index < -0.39 is 23.8 Å². The lowest BCUT2D eigenvalue weighted by Gasteiger charge is -2.39. The number of pyridine rings is 1. The molecule has 0 aliphatic carbocycles. The number of anilines is 1. The monoisotopic (exact) mass is 447 g/mol. The zero-order valence-corrected chi connectivity index (χ0v) is 16.9. The molecule has 10 heteroatoms. The Hall–Kier alpha value is -2.03. The molecule has 0 bridgehead atoms. The van der Waals surface area contributed by atoms with Crippen molar-refractivity contribution in [2.75, 3.05) is 38.2 Å². The van der Waals surface area contributed by atoms with Gasteiger partial charge in [0.1, 0.15) is 11.9 Å². The first-order valence-electron chi connectivity index (χ1n) is 8.76. The lowest BCUT2D eigenvalue weighted by molar-refractivity contribution is -0.147. The van der Waals surface area contributed by atoms with Crippen molar-refractivity contribution in [3.63, 3.8) is 0 Å². The summed E-state index contributed by atoms with van der Waals surface area (Å²) in [5.74, 6) is -0.149. The van der Waals surface area contributed by atoms with E-state index in [0.29, 0.717) is 36.8 Å². The summed E-state index contributed by atoms with van der Waals surface area (Å²) >= 11 is 12.3. The maximum absolute atomic E-state index is 12.8. The second-order valence-corrected chi connectivity index (χ2v) is 7.31. The van der Waals surface area contributed by atoms with Crippen LogP contribution in [0.2, 0.25) is 10.0 Å². The summed E-state index contributed by atoms with van der Waals surface area (Å²) in [7, 11) is 1.31. The van der Waals surface area contributed by atoms with Crippen LogP contribution in [0.5, 0.6) is 0 Å². The third-order valence-corrected chi connectivity index (χ3v) is 5.37. The molecule has 1 aliphatic rings. The molecule has 1 aromatic heterocycles. The largest absolute Gasteiger partial charge is 0.468 e. The zero-order valence-electron chi connectivity index (χ0n) is 15.4. The summed E-state index contributed by atoms with van der Waals surface area (Å²) in [5.41, 5.74) is -0.255. The van der Waals surface area contributed by atoms with Crippen molar-refractivity contribution >= 4 is 35.0 Å². The molecule has 1 aliphatic heterocycles. The third-order valence-electron chi connectivity index (χ3n) is 4.75. The summed E-state index contributed by atoms with van der Waals surface area (Å²) in [6, 6.07) is 7.24. The molecule has 1 atom stereocenters. The maximum Gasteiger partial charge on any atom is 0.417 e. The molecule has 0 N–H and O–H groups in total. The number of piperazine rings is 1. The summed E-state index contributed by atoms with van der Waals surface area (Å²) in [6.07, 6.45) is -3.73. The number of carbonyl (C=O) groups excluding carboxylic acids is 1. The molecule has 2 aromatic rings. The van der Waals surface area contributed by atoms with E-state index in [4.69, 9.17) is 27.9 Å². The molecule has 1 aromatic carbocycles. The number of alkyl halides is 3. The Kier molecular flexibility index (Phi) is 6.55. The van der Waals surface area contributed by atoms with Gasteiger partial charge in [-0.3, -0.25) is 4.90 Å². The minimum Gasteiger partial charge on any atom is -0.468 e. The van der Waals surface area contributed by atoms with Gasteiger partial charge < -0.3 is 9.64 Å². The van der Waals surface area contributed by atoms with Gasteiger partial charge in [0.15, 0.2) is 0 Å². The van der Waals surface area contributed by atoms with Crippen LogP contribution in [0.25, 0.3) is 0 Å². The number of rotatable bonds is 4. The molecular weight excluding hydrogens is 430 g/mol. The standard InChI is InChI=1S/C19H18Cl2F3N3O2/c1-29-18(28)16(13-4-2-3-5-14(13)20)26-6-8-27(9-7-26)17-15(21)10-12(11-25-17)19(22,23)24/h2-5,10-11,16H,6-9H2,1H3/t16-/m1/s1. The van der Waals surface area contributed by atoms with Crippen LogP contribution in [-0.2, 0) is 15.7 Å². The lowest BCUT2D eigenvalue weighted by Crippen LogP contribution is -2.49. The number of ether oxygens (including phenoxy) is 1. The average Bonchev–Trinajstić information content (AvgIpc) is 2.69. The molecule has 0 unspecified atom stereocenters. The molecule has 5 nitrogen and oxygen atoms in total. The molecule has 0 amide bonds. The molecule has 156 valence electrons. The fourth-order valence-electron chi connectivity index (χ4n) is 3.29. The molecule has 2 heterocycles. The Balaban J connectivity index is 1.77. The number of aromatic nitrogens is 1. The first-order chi connectivity index (χ1) is 13.7. The fourth-order valence-corrected chi connectivity index (χ4v) is 3.82. The van der Waals surface area contributed by atoms with E-state index in [1.165, 1.54) is 7.11 Å². The number of carbonyl (C=O) groups is 1.